The minimum Gasteiger partial charge on any atom is -0.433 e. The van der Waals surface area contributed by atoms with E-state index >= 15 is 0 Å². The molecular weight excluding hydrogens is 132 g/mol. The lowest BCUT2D eigenvalue weighted by Crippen LogP contribution is -2.37. The lowest BCUT2D eigenvalue weighted by atomic mass is 9.84. The number of carbonyl (C=O) groups is 1. The Bertz CT molecular complexity index is 152. The van der Waals surface area contributed by atoms with Gasteiger partial charge in [-0.25, -0.2) is 0 Å². The second-order valence-corrected chi connectivity index (χ2v) is 3.52. The first-order valence-electron chi connectivity index (χ1n) is 3.29. The molecule has 1 aliphatic rings. The molecule has 1 unspecified atom stereocenters. The fraction of sp³-hybridized carbons (Fsp3) is 0.857. The highest BCUT2D eigenvalue weighted by molar-refractivity contribution is 5.73. The summed E-state index contributed by atoms with van der Waals surface area (Å²) in [6, 6.07) is 0. The normalized spacial score (nSPS) is 37.8. The van der Waals surface area contributed by atoms with E-state index in [1.807, 2.05) is 0 Å². The molecule has 0 aliphatic carbocycles. The third-order valence-electron chi connectivity index (χ3n) is 2.15. The molecule has 58 valence electrons. The highest BCUT2D eigenvalue weighted by atomic mass is 16.7. The van der Waals surface area contributed by atoms with Crippen LogP contribution < -0.4 is 0 Å². The Kier molecular flexibility index (Phi) is 1.30. The van der Waals surface area contributed by atoms with Crippen molar-refractivity contribution < 1.29 is 14.6 Å². The summed E-state index contributed by atoms with van der Waals surface area (Å²) in [6.07, 6.45) is 0.292. The van der Waals surface area contributed by atoms with Crippen LogP contribution in [-0.2, 0) is 9.53 Å². The molecule has 3 nitrogen and oxygen atoms in total. The van der Waals surface area contributed by atoms with Crippen molar-refractivity contribution in [3.63, 3.8) is 0 Å². The third kappa shape index (κ3) is 0.904. The van der Waals surface area contributed by atoms with Gasteiger partial charge in [-0.1, -0.05) is 13.8 Å². The summed E-state index contributed by atoms with van der Waals surface area (Å²) in [5, 5.41) is 9.45. The fourth-order valence-electron chi connectivity index (χ4n) is 0.921. The van der Waals surface area contributed by atoms with Gasteiger partial charge in [0.1, 0.15) is 0 Å². The van der Waals surface area contributed by atoms with Crippen molar-refractivity contribution in [1.29, 1.82) is 0 Å². The maximum absolute atomic E-state index is 10.7. The molecule has 0 aromatic carbocycles. The molecule has 0 radical (unpaired) electrons. The molecule has 1 heterocycles. The van der Waals surface area contributed by atoms with E-state index in [-0.39, 0.29) is 5.97 Å². The summed E-state index contributed by atoms with van der Waals surface area (Å²) in [5.74, 6) is -1.61. The van der Waals surface area contributed by atoms with E-state index in [1.54, 1.807) is 13.8 Å². The van der Waals surface area contributed by atoms with Crippen LogP contribution in [-0.4, -0.2) is 16.9 Å². The molecule has 0 saturated carbocycles. The Balaban J connectivity index is 2.88. The molecule has 0 aromatic heterocycles. The number of rotatable bonds is 0. The number of esters is 1. The van der Waals surface area contributed by atoms with Crippen molar-refractivity contribution in [1.82, 2.24) is 0 Å². The van der Waals surface area contributed by atoms with Gasteiger partial charge in [0.2, 0.25) is 5.79 Å². The van der Waals surface area contributed by atoms with E-state index in [9.17, 15) is 9.90 Å². The summed E-state index contributed by atoms with van der Waals surface area (Å²) in [5.41, 5.74) is -0.454. The number of cyclic esters (lactones) is 1. The van der Waals surface area contributed by atoms with Crippen LogP contribution in [0, 0.1) is 5.41 Å². The van der Waals surface area contributed by atoms with Gasteiger partial charge < -0.3 is 9.84 Å². The Hall–Kier alpha value is -0.570. The summed E-state index contributed by atoms with van der Waals surface area (Å²) in [4.78, 5) is 10.7. The van der Waals surface area contributed by atoms with Crippen molar-refractivity contribution in [2.45, 2.75) is 33.0 Å². The average Bonchev–Trinajstić information content (AvgIpc) is 1.73. The topological polar surface area (TPSA) is 46.5 Å². The second kappa shape index (κ2) is 1.72. The standard InChI is InChI=1S/C7H12O3/c1-6(2)4-5(8)10-7(6,3)9/h9H,4H2,1-3H3. The van der Waals surface area contributed by atoms with Gasteiger partial charge in [-0.15, -0.1) is 0 Å². The molecule has 0 bridgehead atoms. The highest BCUT2D eigenvalue weighted by Gasteiger charge is 2.50. The predicted octanol–water partition coefficient (Wildman–Crippen LogP) is 0.668. The van der Waals surface area contributed by atoms with Crippen LogP contribution in [0.3, 0.4) is 0 Å². The second-order valence-electron chi connectivity index (χ2n) is 3.52. The fourth-order valence-corrected chi connectivity index (χ4v) is 0.921. The zero-order valence-electron chi connectivity index (χ0n) is 6.47. The molecule has 1 N–H and O–H groups in total. The summed E-state index contributed by atoms with van der Waals surface area (Å²) < 4.78 is 4.68. The minimum atomic E-state index is -1.29. The van der Waals surface area contributed by atoms with Gasteiger partial charge in [-0.3, -0.25) is 4.79 Å². The van der Waals surface area contributed by atoms with Crippen LogP contribution in [0.2, 0.25) is 0 Å². The van der Waals surface area contributed by atoms with Gasteiger partial charge in [0.05, 0.1) is 6.42 Å². The SMILES string of the molecule is CC1(C)CC(=O)OC1(C)O. The Morgan fingerprint density at radius 1 is 1.50 bits per heavy atom. The molecule has 10 heavy (non-hydrogen) atoms. The molecule has 1 fully saturated rings. The van der Waals surface area contributed by atoms with Crippen LogP contribution in [0.15, 0.2) is 0 Å². The van der Waals surface area contributed by atoms with E-state index in [0.717, 1.165) is 0 Å². The lowest BCUT2D eigenvalue weighted by molar-refractivity contribution is -0.207. The van der Waals surface area contributed by atoms with Crippen molar-refractivity contribution in [3.05, 3.63) is 0 Å². The number of ether oxygens (including phenoxy) is 1. The van der Waals surface area contributed by atoms with Gasteiger partial charge >= 0.3 is 5.97 Å². The van der Waals surface area contributed by atoms with E-state index in [2.05, 4.69) is 4.74 Å². The summed E-state index contributed by atoms with van der Waals surface area (Å²) in [7, 11) is 0. The van der Waals surface area contributed by atoms with E-state index < -0.39 is 11.2 Å². The van der Waals surface area contributed by atoms with E-state index in [0.29, 0.717) is 6.42 Å². The Labute approximate surface area is 60.0 Å². The molecule has 3 heteroatoms. The molecule has 0 amide bonds. The van der Waals surface area contributed by atoms with Crippen LogP contribution in [0.25, 0.3) is 0 Å². The third-order valence-corrected chi connectivity index (χ3v) is 2.15. The Morgan fingerprint density at radius 3 is 2.10 bits per heavy atom. The predicted molar refractivity (Wildman–Crippen MR) is 35.1 cm³/mol. The molecule has 1 saturated heterocycles. The molecule has 1 atom stereocenters. The molecule has 0 aromatic rings. The zero-order chi connectivity index (χ0) is 7.99. The molecule has 0 spiro atoms. The lowest BCUT2D eigenvalue weighted by Gasteiger charge is -2.29. The summed E-state index contributed by atoms with van der Waals surface area (Å²) in [6.45, 7) is 5.12. The van der Waals surface area contributed by atoms with Crippen molar-refractivity contribution >= 4 is 5.97 Å². The van der Waals surface area contributed by atoms with Crippen LogP contribution in [0.5, 0.6) is 0 Å². The first-order chi connectivity index (χ1) is 4.35. The smallest absolute Gasteiger partial charge is 0.309 e. The van der Waals surface area contributed by atoms with Gasteiger partial charge in [0.15, 0.2) is 0 Å². The number of hydrogen-bond donors (Lipinski definition) is 1. The van der Waals surface area contributed by atoms with Gasteiger partial charge in [-0.05, 0) is 0 Å². The first kappa shape index (κ1) is 7.54. The highest BCUT2D eigenvalue weighted by Crippen LogP contribution is 2.41. The number of hydrogen-bond acceptors (Lipinski definition) is 3. The monoisotopic (exact) mass is 144 g/mol. The largest absolute Gasteiger partial charge is 0.433 e. The van der Waals surface area contributed by atoms with Gasteiger partial charge in [0.25, 0.3) is 0 Å². The van der Waals surface area contributed by atoms with Crippen molar-refractivity contribution in [2.24, 2.45) is 5.41 Å². The Morgan fingerprint density at radius 2 is 2.00 bits per heavy atom. The maximum atomic E-state index is 10.7. The maximum Gasteiger partial charge on any atom is 0.309 e. The van der Waals surface area contributed by atoms with Crippen LogP contribution >= 0.6 is 0 Å². The molecule has 1 aliphatic heterocycles. The van der Waals surface area contributed by atoms with Gasteiger partial charge in [0, 0.05) is 12.3 Å². The molecule has 1 rings (SSSR count). The van der Waals surface area contributed by atoms with Crippen LogP contribution in [0.4, 0.5) is 0 Å². The zero-order valence-corrected chi connectivity index (χ0v) is 6.47. The van der Waals surface area contributed by atoms with Crippen LogP contribution in [0.1, 0.15) is 27.2 Å². The van der Waals surface area contributed by atoms with E-state index in [4.69, 9.17) is 0 Å². The van der Waals surface area contributed by atoms with Crippen molar-refractivity contribution in [2.75, 3.05) is 0 Å². The van der Waals surface area contributed by atoms with E-state index in [1.165, 1.54) is 6.92 Å². The first-order valence-corrected chi connectivity index (χ1v) is 3.29. The molecular formula is C7H12O3. The van der Waals surface area contributed by atoms with Crippen molar-refractivity contribution in [3.8, 4) is 0 Å². The number of carbonyl (C=O) groups excluding carboxylic acids is 1. The van der Waals surface area contributed by atoms with Gasteiger partial charge in [-0.2, -0.15) is 0 Å². The minimum absolute atomic E-state index is 0.292. The average molecular weight is 144 g/mol. The quantitative estimate of drug-likeness (QED) is 0.508. The summed E-state index contributed by atoms with van der Waals surface area (Å²) >= 11 is 0. The number of aliphatic hydroxyl groups is 1.